The Kier molecular flexibility index (Phi) is 3.25. The standard InChI is InChI=1S/C15H14O8/c16-7-4-10(19)12-11(5-7)23-14(15(21,22)13(12)20)6-1-2-8(17)9(18)3-6/h1-5,13-14,16-22H/t13?,14-/m0/s1. The van der Waals surface area contributed by atoms with Gasteiger partial charge in [0.2, 0.25) is 5.79 Å². The molecule has 0 aliphatic carbocycles. The molecule has 0 amide bonds. The lowest BCUT2D eigenvalue weighted by molar-refractivity contribution is -0.283. The van der Waals surface area contributed by atoms with Crippen molar-refractivity contribution in [1.82, 2.24) is 0 Å². The number of rotatable bonds is 1. The van der Waals surface area contributed by atoms with Crippen LogP contribution in [0.25, 0.3) is 0 Å². The van der Waals surface area contributed by atoms with Crippen molar-refractivity contribution in [3.8, 4) is 28.7 Å². The van der Waals surface area contributed by atoms with Gasteiger partial charge in [0.15, 0.2) is 17.6 Å². The monoisotopic (exact) mass is 322 g/mol. The summed E-state index contributed by atoms with van der Waals surface area (Å²) in [7, 11) is 0. The third-order valence-corrected chi connectivity index (χ3v) is 3.71. The number of aliphatic hydroxyl groups excluding tert-OH is 1. The zero-order chi connectivity index (χ0) is 16.9. The maximum Gasteiger partial charge on any atom is 0.236 e. The van der Waals surface area contributed by atoms with E-state index in [2.05, 4.69) is 0 Å². The summed E-state index contributed by atoms with van der Waals surface area (Å²) in [4.78, 5) is 0. The highest BCUT2D eigenvalue weighted by Gasteiger charge is 2.51. The molecule has 8 nitrogen and oxygen atoms in total. The van der Waals surface area contributed by atoms with Crippen LogP contribution in [-0.2, 0) is 0 Å². The van der Waals surface area contributed by atoms with Gasteiger partial charge in [0.25, 0.3) is 0 Å². The Morgan fingerprint density at radius 3 is 2.22 bits per heavy atom. The maximum absolute atomic E-state index is 10.2. The summed E-state index contributed by atoms with van der Waals surface area (Å²) in [6.45, 7) is 0. The van der Waals surface area contributed by atoms with Gasteiger partial charge in [-0.3, -0.25) is 0 Å². The number of aliphatic hydroxyl groups is 3. The third-order valence-electron chi connectivity index (χ3n) is 3.71. The zero-order valence-corrected chi connectivity index (χ0v) is 11.6. The predicted octanol–water partition coefficient (Wildman–Crippen LogP) is 0.357. The Hall–Kier alpha value is -2.68. The first-order valence-corrected chi connectivity index (χ1v) is 6.59. The molecular weight excluding hydrogens is 308 g/mol. The lowest BCUT2D eigenvalue weighted by Crippen LogP contribution is -2.47. The first kappa shape index (κ1) is 15.2. The van der Waals surface area contributed by atoms with Crippen LogP contribution in [0.2, 0.25) is 0 Å². The molecule has 8 heteroatoms. The smallest absolute Gasteiger partial charge is 0.236 e. The van der Waals surface area contributed by atoms with Gasteiger partial charge in [-0.1, -0.05) is 6.07 Å². The molecule has 0 saturated heterocycles. The molecule has 1 aliphatic rings. The fraction of sp³-hybridized carbons (Fsp3) is 0.200. The van der Waals surface area contributed by atoms with E-state index in [0.717, 1.165) is 24.3 Å². The first-order chi connectivity index (χ1) is 10.7. The molecule has 0 fully saturated rings. The third kappa shape index (κ3) is 2.29. The number of fused-ring (bicyclic) bond motifs is 1. The summed E-state index contributed by atoms with van der Waals surface area (Å²) in [6, 6.07) is 5.45. The topological polar surface area (TPSA) is 151 Å². The predicted molar refractivity (Wildman–Crippen MR) is 75.0 cm³/mol. The van der Waals surface area contributed by atoms with E-state index >= 15 is 0 Å². The molecule has 7 N–H and O–H groups in total. The molecule has 1 aliphatic heterocycles. The van der Waals surface area contributed by atoms with E-state index in [1.165, 1.54) is 6.07 Å². The highest BCUT2D eigenvalue weighted by atomic mass is 16.6. The Labute approximate surface area is 129 Å². The number of benzene rings is 2. The van der Waals surface area contributed by atoms with Gasteiger partial charge in [-0.05, 0) is 12.1 Å². The summed E-state index contributed by atoms with van der Waals surface area (Å²) < 4.78 is 5.39. The molecule has 1 unspecified atom stereocenters. The van der Waals surface area contributed by atoms with E-state index < -0.39 is 35.2 Å². The average molecular weight is 322 g/mol. The summed E-state index contributed by atoms with van der Waals surface area (Å²) in [5.41, 5.74) is -0.232. The highest BCUT2D eigenvalue weighted by molar-refractivity contribution is 5.53. The summed E-state index contributed by atoms with van der Waals surface area (Å²) in [5, 5.41) is 68.8. The van der Waals surface area contributed by atoms with Crippen LogP contribution in [0.5, 0.6) is 28.7 Å². The number of aromatic hydroxyl groups is 4. The first-order valence-electron chi connectivity index (χ1n) is 6.59. The Bertz CT molecular complexity index is 770. The number of hydrogen-bond acceptors (Lipinski definition) is 8. The minimum absolute atomic E-state index is 0.0535. The minimum atomic E-state index is -2.83. The summed E-state index contributed by atoms with van der Waals surface area (Å²) >= 11 is 0. The molecule has 0 bridgehead atoms. The van der Waals surface area contributed by atoms with Crippen molar-refractivity contribution in [1.29, 1.82) is 0 Å². The minimum Gasteiger partial charge on any atom is -0.508 e. The molecular formula is C15H14O8. The van der Waals surface area contributed by atoms with E-state index in [1.807, 2.05) is 0 Å². The van der Waals surface area contributed by atoms with Crippen molar-refractivity contribution in [2.75, 3.05) is 0 Å². The van der Waals surface area contributed by atoms with E-state index in [1.54, 1.807) is 0 Å². The molecule has 2 atom stereocenters. The Balaban J connectivity index is 2.14. The second-order valence-electron chi connectivity index (χ2n) is 5.31. The van der Waals surface area contributed by atoms with Gasteiger partial charge in [0.1, 0.15) is 23.4 Å². The number of hydrogen-bond donors (Lipinski definition) is 7. The zero-order valence-electron chi connectivity index (χ0n) is 11.6. The second-order valence-corrected chi connectivity index (χ2v) is 5.31. The van der Waals surface area contributed by atoms with E-state index in [-0.39, 0.29) is 22.6 Å². The van der Waals surface area contributed by atoms with Gasteiger partial charge in [0, 0.05) is 17.7 Å². The average Bonchev–Trinajstić information content (AvgIpc) is 2.45. The fourth-order valence-corrected chi connectivity index (χ4v) is 2.56. The molecule has 2 aromatic carbocycles. The largest absolute Gasteiger partial charge is 0.508 e. The van der Waals surface area contributed by atoms with Crippen LogP contribution in [0.3, 0.4) is 0 Å². The normalized spacial score (nSPS) is 22.2. The molecule has 0 aromatic heterocycles. The van der Waals surface area contributed by atoms with Crippen LogP contribution >= 0.6 is 0 Å². The van der Waals surface area contributed by atoms with Gasteiger partial charge in [-0.2, -0.15) is 0 Å². The lowest BCUT2D eigenvalue weighted by atomic mass is 9.88. The van der Waals surface area contributed by atoms with Gasteiger partial charge >= 0.3 is 0 Å². The van der Waals surface area contributed by atoms with Crippen LogP contribution in [0, 0.1) is 0 Å². The van der Waals surface area contributed by atoms with Crippen LogP contribution in [-0.4, -0.2) is 41.5 Å². The van der Waals surface area contributed by atoms with Crippen LogP contribution in [0.1, 0.15) is 23.3 Å². The van der Waals surface area contributed by atoms with Crippen molar-refractivity contribution in [2.45, 2.75) is 18.0 Å². The molecule has 3 rings (SSSR count). The molecule has 0 saturated carbocycles. The van der Waals surface area contributed by atoms with Gasteiger partial charge in [-0.15, -0.1) is 0 Å². The van der Waals surface area contributed by atoms with Crippen molar-refractivity contribution < 1.29 is 40.5 Å². The molecule has 0 spiro atoms. The van der Waals surface area contributed by atoms with Crippen LogP contribution in [0.4, 0.5) is 0 Å². The highest BCUT2D eigenvalue weighted by Crippen LogP contribution is 2.51. The van der Waals surface area contributed by atoms with Gasteiger partial charge < -0.3 is 40.5 Å². The van der Waals surface area contributed by atoms with Crippen LogP contribution in [0.15, 0.2) is 30.3 Å². The fourth-order valence-electron chi connectivity index (χ4n) is 2.56. The number of phenolic OH excluding ortho intramolecular Hbond substituents is 4. The maximum atomic E-state index is 10.2. The Morgan fingerprint density at radius 1 is 0.870 bits per heavy atom. The van der Waals surface area contributed by atoms with Crippen molar-refractivity contribution in [3.63, 3.8) is 0 Å². The van der Waals surface area contributed by atoms with Gasteiger partial charge in [-0.25, -0.2) is 0 Å². The van der Waals surface area contributed by atoms with E-state index in [0.29, 0.717) is 0 Å². The molecule has 122 valence electrons. The molecule has 2 aromatic rings. The SMILES string of the molecule is Oc1cc(O)c2c(c1)O[C@@H](c1ccc(O)c(O)c1)C(O)(O)C2O. The lowest BCUT2D eigenvalue weighted by Gasteiger charge is -2.40. The molecule has 1 heterocycles. The number of ether oxygens (including phenoxy) is 1. The van der Waals surface area contributed by atoms with E-state index in [9.17, 15) is 35.7 Å². The van der Waals surface area contributed by atoms with Crippen molar-refractivity contribution in [3.05, 3.63) is 41.5 Å². The quantitative estimate of drug-likeness (QED) is 0.294. The molecule has 23 heavy (non-hydrogen) atoms. The number of phenols is 4. The van der Waals surface area contributed by atoms with E-state index in [4.69, 9.17) is 4.74 Å². The van der Waals surface area contributed by atoms with Crippen molar-refractivity contribution >= 4 is 0 Å². The Morgan fingerprint density at radius 2 is 1.57 bits per heavy atom. The van der Waals surface area contributed by atoms with Crippen LogP contribution < -0.4 is 4.74 Å². The second kappa shape index (κ2) is 4.92. The molecule has 0 radical (unpaired) electrons. The summed E-state index contributed by atoms with van der Waals surface area (Å²) in [6.07, 6.45) is -3.48. The van der Waals surface area contributed by atoms with Gasteiger partial charge in [0.05, 0.1) is 5.56 Å². The van der Waals surface area contributed by atoms with Crippen molar-refractivity contribution in [2.24, 2.45) is 0 Å². The summed E-state index contributed by atoms with van der Waals surface area (Å²) in [5.74, 6) is -4.81.